The quantitative estimate of drug-likeness (QED) is 0.820. The molecule has 1 atom stereocenters. The minimum atomic E-state index is -0.108. The number of amides is 1. The lowest BCUT2D eigenvalue weighted by atomic mass is 10.2. The van der Waals surface area contributed by atoms with Crippen LogP contribution in [0.5, 0.6) is 0 Å². The van der Waals surface area contributed by atoms with E-state index in [0.717, 1.165) is 16.9 Å². The SMILES string of the molecule is CCC(Sc1ccc(Cl)cc1)C(=O)NCc1cccnc1. The Morgan fingerprint density at radius 1 is 1.33 bits per heavy atom. The Morgan fingerprint density at radius 3 is 2.71 bits per heavy atom. The van der Waals surface area contributed by atoms with Crippen molar-refractivity contribution < 1.29 is 4.79 Å². The topological polar surface area (TPSA) is 42.0 Å². The van der Waals surface area contributed by atoms with Crippen LogP contribution in [0.1, 0.15) is 18.9 Å². The number of benzene rings is 1. The summed E-state index contributed by atoms with van der Waals surface area (Å²) in [5.41, 5.74) is 0.997. The largest absolute Gasteiger partial charge is 0.351 e. The first-order chi connectivity index (χ1) is 10.2. The molecule has 0 fully saturated rings. The highest BCUT2D eigenvalue weighted by Gasteiger charge is 2.17. The number of halogens is 1. The zero-order valence-corrected chi connectivity index (χ0v) is 13.3. The first-order valence-electron chi connectivity index (χ1n) is 6.78. The van der Waals surface area contributed by atoms with Gasteiger partial charge in [0.1, 0.15) is 0 Å². The van der Waals surface area contributed by atoms with Crippen LogP contribution in [0.2, 0.25) is 5.02 Å². The van der Waals surface area contributed by atoms with E-state index in [4.69, 9.17) is 11.6 Å². The third kappa shape index (κ3) is 5.06. The zero-order chi connectivity index (χ0) is 15.1. The van der Waals surface area contributed by atoms with Crippen LogP contribution in [0.4, 0.5) is 0 Å². The smallest absolute Gasteiger partial charge is 0.233 e. The van der Waals surface area contributed by atoms with Crippen LogP contribution < -0.4 is 5.32 Å². The van der Waals surface area contributed by atoms with Gasteiger partial charge in [-0.25, -0.2) is 0 Å². The number of aromatic nitrogens is 1. The van der Waals surface area contributed by atoms with Crippen molar-refractivity contribution in [2.75, 3.05) is 0 Å². The molecule has 1 amide bonds. The van der Waals surface area contributed by atoms with E-state index < -0.39 is 0 Å². The summed E-state index contributed by atoms with van der Waals surface area (Å²) in [6, 6.07) is 11.4. The second-order valence-electron chi connectivity index (χ2n) is 4.55. The van der Waals surface area contributed by atoms with E-state index in [1.54, 1.807) is 24.2 Å². The molecule has 1 unspecified atom stereocenters. The number of rotatable bonds is 6. The maximum Gasteiger partial charge on any atom is 0.233 e. The van der Waals surface area contributed by atoms with Crippen molar-refractivity contribution in [3.8, 4) is 0 Å². The Balaban J connectivity index is 1.90. The van der Waals surface area contributed by atoms with Crippen LogP contribution in [0.15, 0.2) is 53.7 Å². The van der Waals surface area contributed by atoms with Crippen molar-refractivity contribution in [2.24, 2.45) is 0 Å². The molecule has 110 valence electrons. The summed E-state index contributed by atoms with van der Waals surface area (Å²) in [5, 5.41) is 3.55. The number of thioether (sulfide) groups is 1. The summed E-state index contributed by atoms with van der Waals surface area (Å²) in [6.45, 7) is 2.52. The Morgan fingerprint density at radius 2 is 2.10 bits per heavy atom. The van der Waals surface area contributed by atoms with Gasteiger partial charge in [0.25, 0.3) is 0 Å². The average Bonchev–Trinajstić information content (AvgIpc) is 2.53. The van der Waals surface area contributed by atoms with Gasteiger partial charge in [0.15, 0.2) is 0 Å². The Labute approximate surface area is 134 Å². The highest BCUT2D eigenvalue weighted by atomic mass is 35.5. The van der Waals surface area contributed by atoms with Crippen molar-refractivity contribution >= 4 is 29.3 Å². The molecule has 0 aliphatic rings. The van der Waals surface area contributed by atoms with Crippen LogP contribution in [-0.4, -0.2) is 16.1 Å². The number of hydrogen-bond donors (Lipinski definition) is 1. The van der Waals surface area contributed by atoms with E-state index in [0.29, 0.717) is 11.6 Å². The number of carbonyl (C=O) groups excluding carboxylic acids is 1. The van der Waals surface area contributed by atoms with E-state index in [1.165, 1.54) is 0 Å². The number of nitrogens with zero attached hydrogens (tertiary/aromatic N) is 1. The molecule has 0 bridgehead atoms. The summed E-state index contributed by atoms with van der Waals surface area (Å²) in [7, 11) is 0. The van der Waals surface area contributed by atoms with Gasteiger partial charge in [0.05, 0.1) is 5.25 Å². The molecular weight excluding hydrogens is 304 g/mol. The third-order valence-corrected chi connectivity index (χ3v) is 4.57. The predicted molar refractivity (Wildman–Crippen MR) is 87.5 cm³/mol. The molecule has 1 aromatic heterocycles. The number of hydrogen-bond acceptors (Lipinski definition) is 3. The van der Waals surface area contributed by atoms with E-state index in [1.807, 2.05) is 43.3 Å². The lowest BCUT2D eigenvalue weighted by molar-refractivity contribution is -0.120. The van der Waals surface area contributed by atoms with Gasteiger partial charge < -0.3 is 5.32 Å². The first-order valence-corrected chi connectivity index (χ1v) is 8.03. The van der Waals surface area contributed by atoms with E-state index >= 15 is 0 Å². The van der Waals surface area contributed by atoms with Crippen LogP contribution in [0.3, 0.4) is 0 Å². The molecule has 0 saturated carbocycles. The molecule has 2 rings (SSSR count). The molecule has 21 heavy (non-hydrogen) atoms. The van der Waals surface area contributed by atoms with Gasteiger partial charge in [-0.2, -0.15) is 0 Å². The van der Waals surface area contributed by atoms with Gasteiger partial charge in [-0.05, 0) is 42.3 Å². The van der Waals surface area contributed by atoms with Crippen LogP contribution in [0.25, 0.3) is 0 Å². The lowest BCUT2D eigenvalue weighted by Gasteiger charge is -2.14. The minimum Gasteiger partial charge on any atom is -0.351 e. The molecule has 0 aliphatic carbocycles. The number of carbonyl (C=O) groups is 1. The second kappa shape index (κ2) is 8.05. The van der Waals surface area contributed by atoms with Crippen molar-refractivity contribution in [3.05, 3.63) is 59.4 Å². The molecule has 5 heteroatoms. The molecular formula is C16H17ClN2OS. The van der Waals surface area contributed by atoms with Gasteiger partial charge >= 0.3 is 0 Å². The molecule has 3 nitrogen and oxygen atoms in total. The van der Waals surface area contributed by atoms with Gasteiger partial charge in [0, 0.05) is 28.9 Å². The molecule has 0 aliphatic heterocycles. The highest BCUT2D eigenvalue weighted by Crippen LogP contribution is 2.26. The van der Waals surface area contributed by atoms with Crippen molar-refractivity contribution in [2.45, 2.75) is 30.0 Å². The van der Waals surface area contributed by atoms with Gasteiger partial charge in [-0.1, -0.05) is 24.6 Å². The summed E-state index contributed by atoms with van der Waals surface area (Å²) in [6.07, 6.45) is 4.25. The summed E-state index contributed by atoms with van der Waals surface area (Å²) in [5.74, 6) is 0.0429. The first kappa shape index (κ1) is 15.9. The zero-order valence-electron chi connectivity index (χ0n) is 11.8. The Kier molecular flexibility index (Phi) is 6.08. The molecule has 1 N–H and O–H groups in total. The van der Waals surface area contributed by atoms with Crippen molar-refractivity contribution in [3.63, 3.8) is 0 Å². The highest BCUT2D eigenvalue weighted by molar-refractivity contribution is 8.00. The second-order valence-corrected chi connectivity index (χ2v) is 6.26. The van der Waals surface area contributed by atoms with E-state index in [2.05, 4.69) is 10.3 Å². The molecule has 1 heterocycles. The fourth-order valence-electron chi connectivity index (χ4n) is 1.81. The maximum absolute atomic E-state index is 12.2. The van der Waals surface area contributed by atoms with E-state index in [-0.39, 0.29) is 11.2 Å². The lowest BCUT2D eigenvalue weighted by Crippen LogP contribution is -2.31. The molecule has 0 radical (unpaired) electrons. The van der Waals surface area contributed by atoms with Crippen LogP contribution >= 0.6 is 23.4 Å². The van der Waals surface area contributed by atoms with Crippen LogP contribution in [-0.2, 0) is 11.3 Å². The summed E-state index contributed by atoms with van der Waals surface area (Å²) >= 11 is 7.42. The number of pyridine rings is 1. The molecule has 1 aromatic carbocycles. The maximum atomic E-state index is 12.2. The van der Waals surface area contributed by atoms with Crippen LogP contribution in [0, 0.1) is 0 Å². The minimum absolute atomic E-state index is 0.0429. The van der Waals surface area contributed by atoms with Gasteiger partial charge in [0.2, 0.25) is 5.91 Å². The van der Waals surface area contributed by atoms with Gasteiger partial charge in [-0.3, -0.25) is 9.78 Å². The summed E-state index contributed by atoms with van der Waals surface area (Å²) < 4.78 is 0. The predicted octanol–water partition coefficient (Wildman–Crippen LogP) is 3.92. The average molecular weight is 321 g/mol. The molecule has 0 saturated heterocycles. The van der Waals surface area contributed by atoms with Crippen molar-refractivity contribution in [1.29, 1.82) is 0 Å². The fourth-order valence-corrected chi connectivity index (χ4v) is 2.91. The Hall–Kier alpha value is -1.52. The molecule has 0 spiro atoms. The fraction of sp³-hybridized carbons (Fsp3) is 0.250. The Bertz CT molecular complexity index is 575. The van der Waals surface area contributed by atoms with Gasteiger partial charge in [-0.15, -0.1) is 11.8 Å². The molecule has 2 aromatic rings. The monoisotopic (exact) mass is 320 g/mol. The number of nitrogens with one attached hydrogen (secondary N) is 1. The van der Waals surface area contributed by atoms with E-state index in [9.17, 15) is 4.79 Å². The normalized spacial score (nSPS) is 11.9. The standard InChI is InChI=1S/C16H17ClN2OS/c1-2-15(21-14-7-5-13(17)6-8-14)16(20)19-11-12-4-3-9-18-10-12/h3-10,15H,2,11H2,1H3,(H,19,20). The van der Waals surface area contributed by atoms with Crippen molar-refractivity contribution in [1.82, 2.24) is 10.3 Å². The summed E-state index contributed by atoms with van der Waals surface area (Å²) in [4.78, 5) is 17.3. The third-order valence-electron chi connectivity index (χ3n) is 2.94.